The van der Waals surface area contributed by atoms with Crippen molar-refractivity contribution < 1.29 is 9.72 Å². The van der Waals surface area contributed by atoms with Gasteiger partial charge < -0.3 is 5.32 Å². The minimum absolute atomic E-state index is 0.0649. The van der Waals surface area contributed by atoms with Crippen LogP contribution in [0.25, 0.3) is 0 Å². The molecule has 0 amide bonds. The first-order chi connectivity index (χ1) is 7.58. The van der Waals surface area contributed by atoms with Crippen LogP contribution in [-0.2, 0) is 0 Å². The number of nitrogens with zero attached hydrogens (tertiary/aromatic N) is 1. The molecule has 1 aromatic rings. The highest BCUT2D eigenvalue weighted by molar-refractivity contribution is 5.79. The predicted molar refractivity (Wildman–Crippen MR) is 61.9 cm³/mol. The standard InChI is InChI=1S/C11H14N2O3/c1-3-8(2)12-10-5-4-9(7-14)6-11(10)13(15)16/h4-8,12H,3H2,1-2H3. The monoisotopic (exact) mass is 222 g/mol. The largest absolute Gasteiger partial charge is 0.377 e. The molecule has 1 aromatic carbocycles. The molecular formula is C11H14N2O3. The number of nitro benzene ring substituents is 1. The Labute approximate surface area is 93.6 Å². The number of benzene rings is 1. The number of aldehydes is 1. The van der Waals surface area contributed by atoms with Crippen LogP contribution < -0.4 is 5.32 Å². The Hall–Kier alpha value is -1.91. The molecule has 0 heterocycles. The van der Waals surface area contributed by atoms with Crippen molar-refractivity contribution in [1.82, 2.24) is 0 Å². The fraction of sp³-hybridized carbons (Fsp3) is 0.364. The zero-order valence-corrected chi connectivity index (χ0v) is 9.27. The van der Waals surface area contributed by atoms with E-state index in [2.05, 4.69) is 5.32 Å². The number of hydrogen-bond acceptors (Lipinski definition) is 4. The zero-order valence-electron chi connectivity index (χ0n) is 9.27. The van der Waals surface area contributed by atoms with Gasteiger partial charge in [-0.3, -0.25) is 14.9 Å². The van der Waals surface area contributed by atoms with E-state index < -0.39 is 4.92 Å². The average molecular weight is 222 g/mol. The van der Waals surface area contributed by atoms with Gasteiger partial charge in [0, 0.05) is 17.7 Å². The van der Waals surface area contributed by atoms with E-state index in [1.54, 1.807) is 12.1 Å². The summed E-state index contributed by atoms with van der Waals surface area (Å²) in [5, 5.41) is 13.8. The van der Waals surface area contributed by atoms with Crippen molar-refractivity contribution in [1.29, 1.82) is 0 Å². The first-order valence-electron chi connectivity index (χ1n) is 5.08. The van der Waals surface area contributed by atoms with Gasteiger partial charge in [-0.15, -0.1) is 0 Å². The minimum Gasteiger partial charge on any atom is -0.377 e. The van der Waals surface area contributed by atoms with E-state index in [1.807, 2.05) is 13.8 Å². The molecule has 5 nitrogen and oxygen atoms in total. The average Bonchev–Trinajstić information content (AvgIpc) is 2.29. The van der Waals surface area contributed by atoms with Crippen LogP contribution >= 0.6 is 0 Å². The van der Waals surface area contributed by atoms with Crippen molar-refractivity contribution in [3.63, 3.8) is 0 Å². The summed E-state index contributed by atoms with van der Waals surface area (Å²) in [6.45, 7) is 3.93. The van der Waals surface area contributed by atoms with Crippen LogP contribution in [0.3, 0.4) is 0 Å². The van der Waals surface area contributed by atoms with Gasteiger partial charge in [-0.2, -0.15) is 0 Å². The molecule has 0 aliphatic heterocycles. The smallest absolute Gasteiger partial charge is 0.293 e. The predicted octanol–water partition coefficient (Wildman–Crippen LogP) is 2.62. The molecule has 0 saturated heterocycles. The Morgan fingerprint density at radius 1 is 1.56 bits per heavy atom. The first-order valence-corrected chi connectivity index (χ1v) is 5.08. The van der Waals surface area contributed by atoms with Crippen LogP contribution in [0.5, 0.6) is 0 Å². The van der Waals surface area contributed by atoms with Crippen LogP contribution in [0.1, 0.15) is 30.6 Å². The molecule has 16 heavy (non-hydrogen) atoms. The first kappa shape index (κ1) is 12.2. The van der Waals surface area contributed by atoms with Crippen molar-refractivity contribution in [2.24, 2.45) is 0 Å². The molecule has 1 rings (SSSR count). The number of hydrogen-bond donors (Lipinski definition) is 1. The van der Waals surface area contributed by atoms with E-state index in [0.29, 0.717) is 17.5 Å². The van der Waals surface area contributed by atoms with Gasteiger partial charge in [-0.25, -0.2) is 0 Å². The quantitative estimate of drug-likeness (QED) is 0.472. The maximum atomic E-state index is 10.8. The molecule has 0 bridgehead atoms. The Bertz CT molecular complexity index is 404. The number of carbonyl (C=O) groups excluding carboxylic acids is 1. The van der Waals surface area contributed by atoms with E-state index in [0.717, 1.165) is 6.42 Å². The van der Waals surface area contributed by atoms with Crippen molar-refractivity contribution in [2.75, 3.05) is 5.32 Å². The summed E-state index contributed by atoms with van der Waals surface area (Å²) in [6.07, 6.45) is 1.46. The highest BCUT2D eigenvalue weighted by atomic mass is 16.6. The van der Waals surface area contributed by atoms with Gasteiger partial charge in [0.1, 0.15) is 12.0 Å². The van der Waals surface area contributed by atoms with Gasteiger partial charge in [0.2, 0.25) is 0 Å². The van der Waals surface area contributed by atoms with Crippen molar-refractivity contribution in [3.05, 3.63) is 33.9 Å². The number of anilines is 1. The van der Waals surface area contributed by atoms with E-state index in [4.69, 9.17) is 0 Å². The molecule has 1 N–H and O–H groups in total. The molecule has 0 fully saturated rings. The highest BCUT2D eigenvalue weighted by Crippen LogP contribution is 2.25. The van der Waals surface area contributed by atoms with Crippen LogP contribution in [0, 0.1) is 10.1 Å². The van der Waals surface area contributed by atoms with Crippen LogP contribution in [-0.4, -0.2) is 17.3 Å². The summed E-state index contributed by atoms with van der Waals surface area (Å²) in [4.78, 5) is 20.8. The molecule has 86 valence electrons. The second kappa shape index (κ2) is 5.25. The van der Waals surface area contributed by atoms with Crippen molar-refractivity contribution >= 4 is 17.7 Å². The molecule has 1 atom stereocenters. The summed E-state index contributed by atoms with van der Waals surface area (Å²) in [7, 11) is 0. The van der Waals surface area contributed by atoms with E-state index in [-0.39, 0.29) is 11.7 Å². The SMILES string of the molecule is CCC(C)Nc1ccc(C=O)cc1[N+](=O)[O-]. The minimum atomic E-state index is -0.488. The topological polar surface area (TPSA) is 72.2 Å². The number of nitrogens with one attached hydrogen (secondary N) is 1. The van der Waals surface area contributed by atoms with Gasteiger partial charge in [0.25, 0.3) is 5.69 Å². The summed E-state index contributed by atoms with van der Waals surface area (Å²) < 4.78 is 0. The zero-order chi connectivity index (χ0) is 12.1. The lowest BCUT2D eigenvalue weighted by Gasteiger charge is -2.12. The number of rotatable bonds is 5. The van der Waals surface area contributed by atoms with Crippen LogP contribution in [0.15, 0.2) is 18.2 Å². The number of nitro groups is 1. The van der Waals surface area contributed by atoms with E-state index in [1.165, 1.54) is 6.07 Å². The molecule has 0 aromatic heterocycles. The third-order valence-electron chi connectivity index (χ3n) is 2.37. The van der Waals surface area contributed by atoms with Crippen molar-refractivity contribution in [2.45, 2.75) is 26.3 Å². The molecule has 1 unspecified atom stereocenters. The molecule has 0 aliphatic rings. The molecule has 0 radical (unpaired) electrons. The Morgan fingerprint density at radius 2 is 2.25 bits per heavy atom. The lowest BCUT2D eigenvalue weighted by atomic mass is 10.1. The molecule has 5 heteroatoms. The molecular weight excluding hydrogens is 208 g/mol. The lowest BCUT2D eigenvalue weighted by Crippen LogP contribution is -2.14. The lowest BCUT2D eigenvalue weighted by molar-refractivity contribution is -0.384. The Kier molecular flexibility index (Phi) is 3.99. The summed E-state index contributed by atoms with van der Waals surface area (Å²) in [5.41, 5.74) is 0.691. The van der Waals surface area contributed by atoms with Gasteiger partial charge in [0.05, 0.1) is 4.92 Å². The fourth-order valence-corrected chi connectivity index (χ4v) is 1.26. The van der Waals surface area contributed by atoms with Crippen molar-refractivity contribution in [3.8, 4) is 0 Å². The maximum Gasteiger partial charge on any atom is 0.293 e. The molecule has 0 saturated carbocycles. The summed E-state index contributed by atoms with van der Waals surface area (Å²) >= 11 is 0. The second-order valence-electron chi connectivity index (χ2n) is 3.61. The Balaban J connectivity index is 3.07. The third-order valence-corrected chi connectivity index (χ3v) is 2.37. The molecule has 0 spiro atoms. The normalized spacial score (nSPS) is 11.9. The number of carbonyl (C=O) groups is 1. The van der Waals surface area contributed by atoms with Crippen LogP contribution in [0.4, 0.5) is 11.4 Å². The van der Waals surface area contributed by atoms with Gasteiger partial charge in [-0.05, 0) is 25.5 Å². The third kappa shape index (κ3) is 2.79. The second-order valence-corrected chi connectivity index (χ2v) is 3.61. The summed E-state index contributed by atoms with van der Waals surface area (Å²) in [6, 6.07) is 4.55. The van der Waals surface area contributed by atoms with Gasteiger partial charge >= 0.3 is 0 Å². The highest BCUT2D eigenvalue weighted by Gasteiger charge is 2.15. The Morgan fingerprint density at radius 3 is 2.75 bits per heavy atom. The summed E-state index contributed by atoms with van der Waals surface area (Å²) in [5.74, 6) is 0. The van der Waals surface area contributed by atoms with Gasteiger partial charge in [0.15, 0.2) is 0 Å². The maximum absolute atomic E-state index is 10.8. The van der Waals surface area contributed by atoms with Gasteiger partial charge in [-0.1, -0.05) is 6.92 Å². The fourth-order valence-electron chi connectivity index (χ4n) is 1.26. The van der Waals surface area contributed by atoms with E-state index in [9.17, 15) is 14.9 Å². The van der Waals surface area contributed by atoms with E-state index >= 15 is 0 Å². The van der Waals surface area contributed by atoms with Crippen LogP contribution in [0.2, 0.25) is 0 Å². The molecule has 0 aliphatic carbocycles.